The first-order chi connectivity index (χ1) is 24.4. The van der Waals surface area contributed by atoms with Crippen LogP contribution >= 0.6 is 0 Å². The maximum Gasteiger partial charge on any atom is 0.392 e. The van der Waals surface area contributed by atoms with Crippen molar-refractivity contribution in [3.8, 4) is 0 Å². The van der Waals surface area contributed by atoms with Crippen molar-refractivity contribution in [1.29, 1.82) is 0 Å². The number of allylic oxidation sites excluding steroid dienone is 2. The van der Waals surface area contributed by atoms with Gasteiger partial charge in [-0.1, -0.05) is 59.1 Å². The summed E-state index contributed by atoms with van der Waals surface area (Å²) in [6.07, 6.45) is 16.5. The number of hydrogen-bond acceptors (Lipinski definition) is 4. The van der Waals surface area contributed by atoms with Gasteiger partial charge in [0.1, 0.15) is 11.8 Å². The molecule has 6 aliphatic rings. The molecular formula is C45H74F3NO3. The molecule has 0 bridgehead atoms. The molecule has 4 nitrogen and oxygen atoms in total. The minimum Gasteiger partial charge on any atom is -0.460 e. The van der Waals surface area contributed by atoms with Crippen molar-refractivity contribution < 1.29 is 27.8 Å². The lowest BCUT2D eigenvalue weighted by atomic mass is 9.55. The van der Waals surface area contributed by atoms with Crippen molar-refractivity contribution in [2.24, 2.45) is 82.3 Å². The zero-order valence-corrected chi connectivity index (χ0v) is 33.7. The Balaban J connectivity index is 0.986. The fourth-order valence-corrected chi connectivity index (χ4v) is 12.7. The molecule has 0 aromatic heterocycles. The minimum absolute atomic E-state index is 0.0915. The average molecular weight is 734 g/mol. The van der Waals surface area contributed by atoms with Crippen LogP contribution in [0.4, 0.5) is 13.2 Å². The molecule has 7 heteroatoms. The van der Waals surface area contributed by atoms with Gasteiger partial charge in [-0.15, -0.1) is 0 Å². The molecule has 0 heterocycles. The van der Waals surface area contributed by atoms with E-state index in [1.807, 2.05) is 20.8 Å². The van der Waals surface area contributed by atoms with Crippen LogP contribution in [-0.2, 0) is 9.53 Å². The lowest BCUT2D eigenvalue weighted by molar-refractivity contribution is -0.200. The molecule has 6 aliphatic carbocycles. The van der Waals surface area contributed by atoms with Crippen LogP contribution in [0, 0.1) is 82.3 Å². The van der Waals surface area contributed by atoms with E-state index in [1.165, 1.54) is 32.1 Å². The first-order valence-electron chi connectivity index (χ1n) is 21.8. The molecule has 0 aromatic rings. The van der Waals surface area contributed by atoms with E-state index < -0.39 is 23.9 Å². The molecule has 0 saturated heterocycles. The smallest absolute Gasteiger partial charge is 0.392 e. The van der Waals surface area contributed by atoms with Gasteiger partial charge in [-0.05, 0) is 181 Å². The van der Waals surface area contributed by atoms with Crippen LogP contribution in [0.3, 0.4) is 0 Å². The van der Waals surface area contributed by atoms with Crippen molar-refractivity contribution in [2.45, 2.75) is 182 Å². The van der Waals surface area contributed by atoms with Crippen molar-refractivity contribution in [3.63, 3.8) is 0 Å². The van der Waals surface area contributed by atoms with Gasteiger partial charge in [0.15, 0.2) is 0 Å². The van der Waals surface area contributed by atoms with Crippen LogP contribution in [0.5, 0.6) is 0 Å². The number of carbonyl (C=O) groups is 1. The van der Waals surface area contributed by atoms with E-state index in [4.69, 9.17) is 4.74 Å². The highest BCUT2D eigenvalue weighted by molar-refractivity contribution is 5.70. The monoisotopic (exact) mass is 734 g/mol. The lowest BCUT2D eigenvalue weighted by Crippen LogP contribution is -2.50. The van der Waals surface area contributed by atoms with Crippen LogP contribution in [-0.4, -0.2) is 35.1 Å². The molecule has 12 atom stereocenters. The molecule has 2 N–H and O–H groups in total. The molecule has 0 aliphatic heterocycles. The Morgan fingerprint density at radius 2 is 1.52 bits per heavy atom. The maximum atomic E-state index is 14.7. The number of aliphatic hydroxyl groups is 1. The molecule has 0 amide bonds. The van der Waals surface area contributed by atoms with Crippen molar-refractivity contribution in [2.75, 3.05) is 0 Å². The van der Waals surface area contributed by atoms with E-state index in [9.17, 15) is 23.1 Å². The van der Waals surface area contributed by atoms with E-state index in [2.05, 4.69) is 45.2 Å². The topological polar surface area (TPSA) is 58.6 Å². The highest BCUT2D eigenvalue weighted by Gasteiger charge is 2.55. The Morgan fingerprint density at radius 1 is 0.865 bits per heavy atom. The third-order valence-electron chi connectivity index (χ3n) is 16.2. The predicted molar refractivity (Wildman–Crippen MR) is 203 cm³/mol. The summed E-state index contributed by atoms with van der Waals surface area (Å²) in [5.74, 6) is 3.78. The molecule has 0 aromatic carbocycles. The summed E-state index contributed by atoms with van der Waals surface area (Å²) in [5, 5.41) is 14.9. The first-order valence-corrected chi connectivity index (χ1v) is 21.8. The van der Waals surface area contributed by atoms with Crippen molar-refractivity contribution in [3.05, 3.63) is 12.2 Å². The molecule has 0 radical (unpaired) electrons. The standard InChI is InChI=1S/C45H74F3NO3/c1-27-18-20-44(21-19-27)26-34(11-9-30(44)4)38-24-33(10-8-28(38)2)42(51)49-35-15-12-32(40(25-35)45(46,47)48)23-39-36-16-13-31(14-17-37(36)39)29(3)22-41(50)52-43(5,6)7/h9,11,27-40,42,49,51H,8,10,12-26H2,1-7H3. The normalized spacial score (nSPS) is 44.0. The second-order valence-electron chi connectivity index (χ2n) is 20.7. The van der Waals surface area contributed by atoms with Gasteiger partial charge >= 0.3 is 12.1 Å². The van der Waals surface area contributed by atoms with Crippen LogP contribution in [0.2, 0.25) is 0 Å². The third-order valence-corrected chi connectivity index (χ3v) is 16.2. The molecule has 6 rings (SSSR count). The summed E-state index contributed by atoms with van der Waals surface area (Å²) in [4.78, 5) is 12.4. The largest absolute Gasteiger partial charge is 0.460 e. The molecule has 1 spiro atoms. The zero-order valence-electron chi connectivity index (χ0n) is 33.7. The van der Waals surface area contributed by atoms with E-state index in [-0.39, 0.29) is 36.2 Å². The van der Waals surface area contributed by atoms with E-state index >= 15 is 0 Å². The zero-order chi connectivity index (χ0) is 37.6. The van der Waals surface area contributed by atoms with Crippen LogP contribution in [0.1, 0.15) is 158 Å². The first kappa shape index (κ1) is 40.6. The Labute approximate surface area is 314 Å². The fraction of sp³-hybridized carbons (Fsp3) is 0.933. The number of rotatable bonds is 9. The van der Waals surface area contributed by atoms with E-state index in [0.29, 0.717) is 72.0 Å². The number of aliphatic hydroxyl groups excluding tert-OH is 1. The van der Waals surface area contributed by atoms with Gasteiger partial charge < -0.3 is 9.84 Å². The quantitative estimate of drug-likeness (QED) is 0.141. The van der Waals surface area contributed by atoms with Crippen molar-refractivity contribution >= 4 is 5.97 Å². The highest BCUT2D eigenvalue weighted by atomic mass is 19.4. The predicted octanol–water partition coefficient (Wildman–Crippen LogP) is 11.5. The van der Waals surface area contributed by atoms with Gasteiger partial charge in [-0.25, -0.2) is 0 Å². The van der Waals surface area contributed by atoms with Crippen molar-refractivity contribution in [1.82, 2.24) is 5.32 Å². The van der Waals surface area contributed by atoms with E-state index in [1.54, 1.807) is 0 Å². The van der Waals surface area contributed by atoms with Crippen LogP contribution in [0.25, 0.3) is 0 Å². The number of nitrogens with one attached hydrogen (secondary N) is 1. The van der Waals surface area contributed by atoms with Gasteiger partial charge in [0, 0.05) is 12.5 Å². The molecule has 298 valence electrons. The number of hydrogen-bond donors (Lipinski definition) is 2. The summed E-state index contributed by atoms with van der Waals surface area (Å²) in [5.41, 5.74) is -0.0541. The van der Waals surface area contributed by atoms with Crippen LogP contribution < -0.4 is 5.32 Å². The average Bonchev–Trinajstić information content (AvgIpc) is 3.77. The Hall–Kier alpha value is -1.08. The molecular weight excluding hydrogens is 659 g/mol. The Kier molecular flexibility index (Phi) is 12.6. The minimum atomic E-state index is -4.21. The maximum absolute atomic E-state index is 14.7. The molecule has 5 saturated carbocycles. The van der Waals surface area contributed by atoms with Gasteiger partial charge in [0.05, 0.1) is 5.92 Å². The van der Waals surface area contributed by atoms with Crippen LogP contribution in [0.15, 0.2) is 12.2 Å². The SMILES string of the molecule is CC1CCC2(CC1)CC(C1CC(C(O)NC3CCC(CC4C5CCC(C(C)CC(=O)OC(C)(C)C)CCC54)C(C(F)(F)F)C3)CCC1C)C=CC2C. The number of halogens is 3. The summed E-state index contributed by atoms with van der Waals surface area (Å²) in [7, 11) is 0. The summed E-state index contributed by atoms with van der Waals surface area (Å²) >= 11 is 0. The Bertz CT molecular complexity index is 1210. The number of fused-ring (bicyclic) bond motifs is 1. The van der Waals surface area contributed by atoms with Gasteiger partial charge in [0.2, 0.25) is 0 Å². The summed E-state index contributed by atoms with van der Waals surface area (Å²) in [6.45, 7) is 15.1. The molecule has 5 fully saturated rings. The third kappa shape index (κ3) is 9.65. The fourth-order valence-electron chi connectivity index (χ4n) is 12.7. The lowest BCUT2D eigenvalue weighted by Gasteiger charge is -2.50. The molecule has 12 unspecified atom stereocenters. The van der Waals surface area contributed by atoms with E-state index in [0.717, 1.165) is 57.3 Å². The number of carbonyl (C=O) groups excluding carboxylic acids is 1. The number of alkyl halides is 3. The number of ether oxygens (including phenoxy) is 1. The van der Waals surface area contributed by atoms with Gasteiger partial charge in [-0.2, -0.15) is 13.2 Å². The number of esters is 1. The highest BCUT2D eigenvalue weighted by Crippen LogP contribution is 2.60. The van der Waals surface area contributed by atoms with Gasteiger partial charge in [0.25, 0.3) is 0 Å². The Morgan fingerprint density at radius 3 is 2.15 bits per heavy atom. The molecule has 52 heavy (non-hydrogen) atoms. The van der Waals surface area contributed by atoms with Gasteiger partial charge in [-0.3, -0.25) is 10.1 Å². The summed E-state index contributed by atoms with van der Waals surface area (Å²) < 4.78 is 49.6. The second kappa shape index (κ2) is 16.2. The summed E-state index contributed by atoms with van der Waals surface area (Å²) in [6, 6.07) is -0.282. The second-order valence-corrected chi connectivity index (χ2v) is 20.7.